The zero-order chi connectivity index (χ0) is 21.3. The van der Waals surface area contributed by atoms with Gasteiger partial charge >= 0.3 is 5.97 Å². The average molecular weight is 457 g/mol. The molecule has 0 radical (unpaired) electrons. The summed E-state index contributed by atoms with van der Waals surface area (Å²) in [6.07, 6.45) is -0.162. The number of nitrogens with zero attached hydrogens (tertiary/aromatic N) is 1. The van der Waals surface area contributed by atoms with Gasteiger partial charge < -0.3 is 10.1 Å². The highest BCUT2D eigenvalue weighted by atomic mass is 35.5. The number of esters is 1. The van der Waals surface area contributed by atoms with Gasteiger partial charge in [-0.25, -0.2) is 17.5 Å². The lowest BCUT2D eigenvalue weighted by atomic mass is 10.1. The molecule has 2 amide bonds. The van der Waals surface area contributed by atoms with Crippen LogP contribution in [0.25, 0.3) is 0 Å². The highest BCUT2D eigenvalue weighted by molar-refractivity contribution is 7.94. The van der Waals surface area contributed by atoms with E-state index < -0.39 is 27.8 Å². The lowest BCUT2D eigenvalue weighted by molar-refractivity contribution is -0.116. The number of anilines is 2. The minimum atomic E-state index is -3.84. The fourth-order valence-electron chi connectivity index (χ4n) is 2.72. The number of ether oxygens (including phenoxy) is 1. The van der Waals surface area contributed by atoms with Crippen molar-refractivity contribution in [3.63, 3.8) is 0 Å². The molecule has 2 aromatic rings. The van der Waals surface area contributed by atoms with Gasteiger partial charge in [0.05, 0.1) is 39.8 Å². The van der Waals surface area contributed by atoms with E-state index in [2.05, 4.69) is 10.1 Å². The third-order valence-electron chi connectivity index (χ3n) is 4.14. The number of hydrogen-bond acceptors (Lipinski definition) is 6. The molecule has 1 fully saturated rings. The third-order valence-corrected chi connectivity index (χ3v) is 6.47. The van der Waals surface area contributed by atoms with Crippen molar-refractivity contribution >= 4 is 62.4 Å². The van der Waals surface area contributed by atoms with Crippen LogP contribution in [-0.4, -0.2) is 39.1 Å². The van der Waals surface area contributed by atoms with Crippen LogP contribution in [0.3, 0.4) is 0 Å². The molecular weight excluding hydrogens is 443 g/mol. The van der Waals surface area contributed by atoms with Crippen LogP contribution in [0.15, 0.2) is 36.4 Å². The predicted octanol–water partition coefficient (Wildman–Crippen LogP) is 3.10. The van der Waals surface area contributed by atoms with Crippen molar-refractivity contribution in [3.05, 3.63) is 57.6 Å². The summed E-state index contributed by atoms with van der Waals surface area (Å²) in [6.45, 7) is 0. The summed E-state index contributed by atoms with van der Waals surface area (Å²) in [5.74, 6) is -2.20. The Bertz CT molecular complexity index is 1130. The van der Waals surface area contributed by atoms with Crippen molar-refractivity contribution in [1.29, 1.82) is 0 Å². The van der Waals surface area contributed by atoms with Crippen molar-refractivity contribution in [2.45, 2.75) is 6.42 Å². The molecule has 1 aliphatic rings. The molecule has 1 N–H and O–H groups in total. The molecule has 0 bridgehead atoms. The van der Waals surface area contributed by atoms with Crippen molar-refractivity contribution in [3.8, 4) is 0 Å². The van der Waals surface area contributed by atoms with Gasteiger partial charge in [0.15, 0.2) is 0 Å². The van der Waals surface area contributed by atoms with Crippen molar-refractivity contribution in [1.82, 2.24) is 0 Å². The number of nitrogens with one attached hydrogen (secondary N) is 1. The smallest absolute Gasteiger partial charge is 0.337 e. The van der Waals surface area contributed by atoms with E-state index in [-0.39, 0.29) is 44.7 Å². The summed E-state index contributed by atoms with van der Waals surface area (Å²) in [7, 11) is -2.62. The standard InChI is InChI=1S/C18H14Cl2N2O6S/c1-28-18(25)11-3-4-12(19)14(8-11)21-17(24)10-2-5-13(20)15(9-10)22-16(23)6-7-29(22,26)27/h2-5,8-9H,6-7H2,1H3,(H,21,24). The number of sulfonamides is 1. The Morgan fingerprint density at radius 3 is 2.34 bits per heavy atom. The number of benzene rings is 2. The van der Waals surface area contributed by atoms with Gasteiger partial charge in [-0.3, -0.25) is 9.59 Å². The van der Waals surface area contributed by atoms with Gasteiger partial charge in [-0.2, -0.15) is 0 Å². The second kappa shape index (κ2) is 8.02. The highest BCUT2D eigenvalue weighted by Gasteiger charge is 2.37. The van der Waals surface area contributed by atoms with E-state index in [0.717, 1.165) is 0 Å². The molecule has 0 spiro atoms. The van der Waals surface area contributed by atoms with Gasteiger partial charge in [0.1, 0.15) is 0 Å². The number of hydrogen-bond donors (Lipinski definition) is 1. The van der Waals surface area contributed by atoms with Crippen LogP contribution in [0.1, 0.15) is 27.1 Å². The van der Waals surface area contributed by atoms with Gasteiger partial charge in [-0.15, -0.1) is 0 Å². The number of halogens is 2. The fraction of sp³-hybridized carbons (Fsp3) is 0.167. The Labute approximate surface area is 176 Å². The molecule has 0 aromatic heterocycles. The zero-order valence-electron chi connectivity index (χ0n) is 14.9. The van der Waals surface area contributed by atoms with Crippen molar-refractivity contribution in [2.24, 2.45) is 0 Å². The first-order valence-corrected chi connectivity index (χ1v) is 10.5. The molecule has 0 atom stereocenters. The SMILES string of the molecule is COC(=O)c1ccc(Cl)c(NC(=O)c2ccc(Cl)c(N3C(=O)CCS3(=O)=O)c2)c1. The van der Waals surface area contributed by atoms with Gasteiger partial charge in [0.2, 0.25) is 15.9 Å². The molecule has 1 heterocycles. The molecule has 29 heavy (non-hydrogen) atoms. The summed E-state index contributed by atoms with van der Waals surface area (Å²) in [5, 5.41) is 2.72. The van der Waals surface area contributed by atoms with Crippen LogP contribution in [0.2, 0.25) is 10.0 Å². The molecular formula is C18H14Cl2N2O6S. The molecule has 2 aromatic carbocycles. The quantitative estimate of drug-likeness (QED) is 0.707. The number of carbonyl (C=O) groups excluding carboxylic acids is 3. The number of rotatable bonds is 4. The topological polar surface area (TPSA) is 110 Å². The largest absolute Gasteiger partial charge is 0.465 e. The molecule has 8 nitrogen and oxygen atoms in total. The molecule has 0 aliphatic carbocycles. The normalized spacial score (nSPS) is 15.3. The van der Waals surface area contributed by atoms with Gasteiger partial charge in [-0.05, 0) is 36.4 Å². The zero-order valence-corrected chi connectivity index (χ0v) is 17.3. The Morgan fingerprint density at radius 2 is 1.72 bits per heavy atom. The Kier molecular flexibility index (Phi) is 5.83. The molecule has 152 valence electrons. The lowest BCUT2D eigenvalue weighted by Crippen LogP contribution is -2.30. The van der Waals surface area contributed by atoms with Crippen molar-refractivity contribution in [2.75, 3.05) is 22.5 Å². The Hall–Kier alpha value is -2.62. The van der Waals surface area contributed by atoms with Crippen LogP contribution < -0.4 is 9.62 Å². The summed E-state index contributed by atoms with van der Waals surface area (Å²) < 4.78 is 29.6. The molecule has 3 rings (SSSR count). The lowest BCUT2D eigenvalue weighted by Gasteiger charge is -2.17. The average Bonchev–Trinajstić information content (AvgIpc) is 2.95. The van der Waals surface area contributed by atoms with Gasteiger partial charge in [0.25, 0.3) is 5.91 Å². The van der Waals surface area contributed by atoms with Crippen LogP contribution in [-0.2, 0) is 19.6 Å². The Morgan fingerprint density at radius 1 is 1.07 bits per heavy atom. The van der Waals surface area contributed by atoms with E-state index in [1.54, 1.807) is 0 Å². The van der Waals surface area contributed by atoms with E-state index in [9.17, 15) is 22.8 Å². The third kappa shape index (κ3) is 4.21. The monoisotopic (exact) mass is 456 g/mol. The molecule has 11 heteroatoms. The number of amides is 2. The fourth-order valence-corrected chi connectivity index (χ4v) is 4.60. The number of carbonyl (C=O) groups is 3. The summed E-state index contributed by atoms with van der Waals surface area (Å²) in [4.78, 5) is 36.3. The maximum absolute atomic E-state index is 12.7. The molecule has 0 unspecified atom stereocenters. The number of methoxy groups -OCH3 is 1. The van der Waals surface area contributed by atoms with Crippen LogP contribution in [0.5, 0.6) is 0 Å². The van der Waals surface area contributed by atoms with E-state index in [1.165, 1.54) is 43.5 Å². The van der Waals surface area contributed by atoms with Gasteiger partial charge in [0, 0.05) is 12.0 Å². The second-order valence-corrected chi connectivity index (χ2v) is 8.78. The van der Waals surface area contributed by atoms with Crippen LogP contribution in [0.4, 0.5) is 11.4 Å². The van der Waals surface area contributed by atoms with Crippen LogP contribution >= 0.6 is 23.2 Å². The minimum Gasteiger partial charge on any atom is -0.465 e. The van der Waals surface area contributed by atoms with E-state index in [4.69, 9.17) is 23.2 Å². The molecule has 1 saturated heterocycles. The summed E-state index contributed by atoms with van der Waals surface area (Å²) in [5.41, 5.74) is 0.272. The maximum Gasteiger partial charge on any atom is 0.337 e. The minimum absolute atomic E-state index is 0.00564. The van der Waals surface area contributed by atoms with Crippen molar-refractivity contribution < 1.29 is 27.5 Å². The second-order valence-electron chi connectivity index (χ2n) is 6.03. The van der Waals surface area contributed by atoms with Crippen LogP contribution in [0, 0.1) is 0 Å². The van der Waals surface area contributed by atoms with E-state index >= 15 is 0 Å². The summed E-state index contributed by atoms with van der Waals surface area (Å²) >= 11 is 12.1. The predicted molar refractivity (Wildman–Crippen MR) is 108 cm³/mol. The first-order chi connectivity index (χ1) is 13.6. The Balaban J connectivity index is 1.94. The maximum atomic E-state index is 12.7. The van der Waals surface area contributed by atoms with Gasteiger partial charge in [-0.1, -0.05) is 23.2 Å². The van der Waals surface area contributed by atoms with E-state index in [0.29, 0.717) is 4.31 Å². The molecule has 1 aliphatic heterocycles. The van der Waals surface area contributed by atoms with E-state index in [1.807, 2.05) is 0 Å². The highest BCUT2D eigenvalue weighted by Crippen LogP contribution is 2.33. The first-order valence-electron chi connectivity index (χ1n) is 8.18. The summed E-state index contributed by atoms with van der Waals surface area (Å²) in [6, 6.07) is 8.10. The first kappa shape index (κ1) is 21.1. The molecule has 0 saturated carbocycles.